The summed E-state index contributed by atoms with van der Waals surface area (Å²) in [7, 11) is 0. The minimum absolute atomic E-state index is 0.184. The minimum Gasteiger partial charge on any atom is -0.455 e. The number of hydrogen-bond donors (Lipinski definition) is 1. The number of carbonyl (C=O) groups is 2. The van der Waals surface area contributed by atoms with Crippen LogP contribution < -0.4 is 10.2 Å². The van der Waals surface area contributed by atoms with Crippen LogP contribution in [-0.2, 0) is 24.2 Å². The van der Waals surface area contributed by atoms with Gasteiger partial charge in [0.15, 0.2) is 10.8 Å². The zero-order chi connectivity index (χ0) is 34.9. The first-order valence-electron chi connectivity index (χ1n) is 18.4. The third-order valence-corrected chi connectivity index (χ3v) is 12.4. The highest BCUT2D eigenvalue weighted by atomic mass is 32.1. The third-order valence-electron chi connectivity index (χ3n) is 11.4. The standard InChI is InChI=1S/C41H44N6O3S/c1-40(2,3)50-38(49)36-30(29-21-42-47(22-29)24-41-18-25-15-26(19-41)17-27(16-25)20-41)11-12-35(44-36)46-14-13-28-7-6-8-31(32(28)23-46)37(48)45-39-43-33-9-4-5-10-34(33)51-39/h4-12,21-22,25-27H,13-20,23-24H2,1-3H3,(H,43,45,48). The first-order valence-corrected chi connectivity index (χ1v) is 19.2. The van der Waals surface area contributed by atoms with E-state index in [9.17, 15) is 9.59 Å². The Morgan fingerprint density at radius 3 is 2.47 bits per heavy atom. The van der Waals surface area contributed by atoms with Gasteiger partial charge in [-0.25, -0.2) is 14.8 Å². The molecular formula is C41H44N6O3S. The molecule has 1 N–H and O–H groups in total. The molecule has 0 saturated heterocycles. The number of nitrogens with zero attached hydrogens (tertiary/aromatic N) is 5. The molecule has 262 valence electrons. The van der Waals surface area contributed by atoms with Crippen molar-refractivity contribution in [3.63, 3.8) is 0 Å². The zero-order valence-electron chi connectivity index (χ0n) is 29.5. The highest BCUT2D eigenvalue weighted by Crippen LogP contribution is 2.60. The normalized spacial score (nSPS) is 23.7. The highest BCUT2D eigenvalue weighted by Gasteiger charge is 2.51. The Labute approximate surface area is 302 Å². The topological polar surface area (TPSA) is 102 Å². The molecule has 4 aliphatic carbocycles. The molecule has 5 aromatic rings. The summed E-state index contributed by atoms with van der Waals surface area (Å²) in [5.41, 5.74) is 5.13. The lowest BCUT2D eigenvalue weighted by atomic mass is 9.49. The molecule has 0 unspecified atom stereocenters. The molecule has 51 heavy (non-hydrogen) atoms. The fourth-order valence-electron chi connectivity index (χ4n) is 9.84. The maximum absolute atomic E-state index is 13.8. The minimum atomic E-state index is -0.676. The van der Waals surface area contributed by atoms with Gasteiger partial charge in [-0.1, -0.05) is 35.6 Å². The highest BCUT2D eigenvalue weighted by molar-refractivity contribution is 7.22. The van der Waals surface area contributed by atoms with Crippen molar-refractivity contribution in [3.05, 3.63) is 89.4 Å². The van der Waals surface area contributed by atoms with Gasteiger partial charge in [0.1, 0.15) is 11.4 Å². The van der Waals surface area contributed by atoms with E-state index in [0.717, 1.165) is 63.2 Å². The van der Waals surface area contributed by atoms with E-state index in [1.54, 1.807) is 0 Å². The quantitative estimate of drug-likeness (QED) is 0.170. The first kappa shape index (κ1) is 32.3. The molecule has 5 aliphatic rings. The summed E-state index contributed by atoms with van der Waals surface area (Å²) in [5, 5.41) is 8.44. The molecule has 0 spiro atoms. The Bertz CT molecular complexity index is 2090. The summed E-state index contributed by atoms with van der Waals surface area (Å²) in [6.45, 7) is 7.76. The van der Waals surface area contributed by atoms with E-state index >= 15 is 0 Å². The van der Waals surface area contributed by atoms with Crippen molar-refractivity contribution in [2.24, 2.45) is 23.2 Å². The Balaban J connectivity index is 0.988. The lowest BCUT2D eigenvalue weighted by Gasteiger charge is -2.56. The lowest BCUT2D eigenvalue weighted by molar-refractivity contribution is -0.0635. The molecule has 10 rings (SSSR count). The molecule has 0 atom stereocenters. The van der Waals surface area contributed by atoms with Gasteiger partial charge in [-0.3, -0.25) is 14.8 Å². The molecule has 4 saturated carbocycles. The number of carbonyl (C=O) groups excluding carboxylic acids is 2. The van der Waals surface area contributed by atoms with Crippen molar-refractivity contribution in [1.82, 2.24) is 19.7 Å². The number of nitrogens with one attached hydrogen (secondary N) is 1. The van der Waals surface area contributed by atoms with Crippen molar-refractivity contribution in [1.29, 1.82) is 0 Å². The molecule has 2 aromatic carbocycles. The Hall–Kier alpha value is -4.57. The van der Waals surface area contributed by atoms with Crippen LogP contribution >= 0.6 is 11.3 Å². The molecule has 10 heteroatoms. The van der Waals surface area contributed by atoms with Crippen molar-refractivity contribution >= 4 is 44.4 Å². The molecule has 3 aromatic heterocycles. The van der Waals surface area contributed by atoms with Crippen LogP contribution in [0, 0.1) is 23.2 Å². The smallest absolute Gasteiger partial charge is 0.358 e. The summed E-state index contributed by atoms with van der Waals surface area (Å²) in [4.78, 5) is 39.2. The van der Waals surface area contributed by atoms with Gasteiger partial charge in [-0.2, -0.15) is 5.10 Å². The van der Waals surface area contributed by atoms with Crippen LogP contribution in [0.15, 0.2) is 67.0 Å². The van der Waals surface area contributed by atoms with Gasteiger partial charge in [-0.05, 0) is 130 Å². The number of rotatable bonds is 7. The van der Waals surface area contributed by atoms with Crippen molar-refractivity contribution < 1.29 is 14.3 Å². The Morgan fingerprint density at radius 1 is 0.961 bits per heavy atom. The van der Waals surface area contributed by atoms with Crippen LogP contribution in [0.3, 0.4) is 0 Å². The summed E-state index contributed by atoms with van der Waals surface area (Å²) < 4.78 is 9.04. The number of esters is 1. The van der Waals surface area contributed by atoms with Crippen LogP contribution in [0.5, 0.6) is 0 Å². The third kappa shape index (κ3) is 6.32. The predicted molar refractivity (Wildman–Crippen MR) is 200 cm³/mol. The largest absolute Gasteiger partial charge is 0.455 e. The van der Waals surface area contributed by atoms with E-state index in [1.165, 1.54) is 49.9 Å². The van der Waals surface area contributed by atoms with Crippen molar-refractivity contribution in [3.8, 4) is 11.1 Å². The van der Waals surface area contributed by atoms with Crippen LogP contribution in [0.2, 0.25) is 0 Å². The average Bonchev–Trinajstić information content (AvgIpc) is 3.72. The lowest BCUT2D eigenvalue weighted by Crippen LogP contribution is -2.47. The monoisotopic (exact) mass is 700 g/mol. The summed E-state index contributed by atoms with van der Waals surface area (Å²) in [6.07, 6.45) is 12.9. The number of amides is 1. The fraction of sp³-hybridized carbons (Fsp3) is 0.439. The summed E-state index contributed by atoms with van der Waals surface area (Å²) in [5.74, 6) is 2.68. The van der Waals surface area contributed by atoms with Gasteiger partial charge in [-0.15, -0.1) is 0 Å². The van der Waals surface area contributed by atoms with Crippen molar-refractivity contribution in [2.75, 3.05) is 16.8 Å². The number of aromatic nitrogens is 4. The number of hydrogen-bond acceptors (Lipinski definition) is 8. The Morgan fingerprint density at radius 2 is 1.73 bits per heavy atom. The predicted octanol–water partition coefficient (Wildman–Crippen LogP) is 8.54. The van der Waals surface area contributed by atoms with Crippen LogP contribution in [0.25, 0.3) is 21.3 Å². The maximum Gasteiger partial charge on any atom is 0.358 e. The van der Waals surface area contributed by atoms with Gasteiger partial charge in [0.05, 0.1) is 16.4 Å². The molecule has 4 bridgehead atoms. The summed E-state index contributed by atoms with van der Waals surface area (Å²) in [6, 6.07) is 17.7. The van der Waals surface area contributed by atoms with Crippen LogP contribution in [-0.4, -0.2) is 43.8 Å². The molecule has 4 heterocycles. The second-order valence-electron chi connectivity index (χ2n) is 16.5. The van der Waals surface area contributed by atoms with Gasteiger partial charge >= 0.3 is 5.97 Å². The van der Waals surface area contributed by atoms with Crippen LogP contribution in [0.4, 0.5) is 10.9 Å². The second-order valence-corrected chi connectivity index (χ2v) is 17.5. The van der Waals surface area contributed by atoms with Crippen molar-refractivity contribution in [2.45, 2.75) is 84.4 Å². The van der Waals surface area contributed by atoms with Gasteiger partial charge in [0.25, 0.3) is 5.91 Å². The molecule has 1 aliphatic heterocycles. The number of anilines is 2. The van der Waals surface area contributed by atoms with Crippen LogP contribution in [0.1, 0.15) is 91.3 Å². The van der Waals surface area contributed by atoms with E-state index in [2.05, 4.69) is 32.1 Å². The second kappa shape index (κ2) is 12.3. The maximum atomic E-state index is 13.8. The number of benzene rings is 2. The zero-order valence-corrected chi connectivity index (χ0v) is 30.3. The van der Waals surface area contributed by atoms with Gasteiger partial charge < -0.3 is 9.64 Å². The van der Waals surface area contributed by atoms with Gasteiger partial charge in [0.2, 0.25) is 0 Å². The SMILES string of the molecule is CC(C)(C)OC(=O)c1nc(N2CCc3cccc(C(=O)Nc4nc5ccccc5s4)c3C2)ccc1-c1cnn(CC23CC4CC(CC(C4)C2)C3)c1. The molecule has 9 nitrogen and oxygen atoms in total. The molecule has 4 fully saturated rings. The van der Waals surface area contributed by atoms with E-state index in [1.807, 2.05) is 75.5 Å². The first-order chi connectivity index (χ1) is 24.6. The molecule has 1 amide bonds. The Kier molecular flexibility index (Phi) is 7.79. The summed E-state index contributed by atoms with van der Waals surface area (Å²) >= 11 is 1.46. The number of ether oxygens (including phenoxy) is 1. The van der Waals surface area contributed by atoms with E-state index in [-0.39, 0.29) is 11.6 Å². The van der Waals surface area contributed by atoms with E-state index < -0.39 is 11.6 Å². The average molecular weight is 701 g/mol. The molecular weight excluding hydrogens is 657 g/mol. The van der Waals surface area contributed by atoms with E-state index in [4.69, 9.17) is 14.8 Å². The van der Waals surface area contributed by atoms with Gasteiger partial charge in [0, 0.05) is 42.5 Å². The fourth-order valence-corrected chi connectivity index (χ4v) is 10.7. The number of pyridine rings is 1. The number of thiazole rings is 1. The number of para-hydroxylation sites is 1. The number of fused-ring (bicyclic) bond motifs is 2. The molecule has 0 radical (unpaired) electrons. The van der Waals surface area contributed by atoms with E-state index in [0.29, 0.717) is 35.0 Å².